The van der Waals surface area contributed by atoms with Gasteiger partial charge in [-0.3, -0.25) is 0 Å². The zero-order valence-corrected chi connectivity index (χ0v) is 11.4. The Morgan fingerprint density at radius 2 is 1.67 bits per heavy atom. The first-order valence-electron chi connectivity index (χ1n) is 6.40. The van der Waals surface area contributed by atoms with E-state index in [1.54, 1.807) is 5.20 Å². The minimum atomic E-state index is -1.17. The highest BCUT2D eigenvalue weighted by molar-refractivity contribution is 6.83. The van der Waals surface area contributed by atoms with Crippen LogP contribution in [0.2, 0.25) is 19.6 Å². The van der Waals surface area contributed by atoms with Crippen LogP contribution in [0, 0.1) is 0 Å². The minimum Gasteiger partial charge on any atom is -0.367 e. The lowest BCUT2D eigenvalue weighted by atomic mass is 9.94. The molecule has 0 N–H and O–H groups in total. The molecule has 1 aliphatic carbocycles. The van der Waals surface area contributed by atoms with Gasteiger partial charge in [0.1, 0.15) is 0 Å². The summed E-state index contributed by atoms with van der Waals surface area (Å²) < 4.78 is 6.14. The van der Waals surface area contributed by atoms with Gasteiger partial charge in [-0.15, -0.1) is 0 Å². The first-order chi connectivity index (χ1) is 7.05. The van der Waals surface area contributed by atoms with Gasteiger partial charge in [0.25, 0.3) is 0 Å². The molecule has 0 aromatic heterocycles. The summed E-state index contributed by atoms with van der Waals surface area (Å²) in [7, 11) is -1.17. The predicted molar refractivity (Wildman–Crippen MR) is 67.8 cm³/mol. The lowest BCUT2D eigenvalue weighted by Gasteiger charge is -2.36. The zero-order chi connectivity index (χ0) is 10.9. The van der Waals surface area contributed by atoms with Crippen molar-refractivity contribution < 1.29 is 4.74 Å². The number of hydrogen-bond acceptors (Lipinski definition) is 1. The van der Waals surface area contributed by atoms with Crippen molar-refractivity contribution in [2.45, 2.75) is 63.8 Å². The minimum absolute atomic E-state index is 0.182. The molecule has 1 spiro atoms. The van der Waals surface area contributed by atoms with Crippen LogP contribution in [0.5, 0.6) is 0 Å². The first kappa shape index (κ1) is 11.4. The lowest BCUT2D eigenvalue weighted by Crippen LogP contribution is -2.41. The van der Waals surface area contributed by atoms with E-state index in [-0.39, 0.29) is 5.60 Å². The standard InChI is InChI=1S/C13H24OSi/c1-15(2,3)12-8-11-14-13(12)9-6-4-5-7-10-13/h8H,4-7,9-11H2,1-3H3. The van der Waals surface area contributed by atoms with Crippen molar-refractivity contribution in [2.24, 2.45) is 0 Å². The van der Waals surface area contributed by atoms with Crippen LogP contribution in [0.1, 0.15) is 38.5 Å². The Bertz CT molecular complexity index is 254. The van der Waals surface area contributed by atoms with Gasteiger partial charge in [-0.25, -0.2) is 0 Å². The first-order valence-corrected chi connectivity index (χ1v) is 9.90. The smallest absolute Gasteiger partial charge is 0.0862 e. The van der Waals surface area contributed by atoms with Gasteiger partial charge in [0, 0.05) is 0 Å². The summed E-state index contributed by atoms with van der Waals surface area (Å²) in [6, 6.07) is 0. The topological polar surface area (TPSA) is 9.23 Å². The molecule has 0 bridgehead atoms. The normalized spacial score (nSPS) is 26.5. The molecular formula is C13H24OSi. The molecule has 15 heavy (non-hydrogen) atoms. The Hall–Kier alpha value is -0.0831. The molecule has 2 aliphatic rings. The van der Waals surface area contributed by atoms with Crippen LogP contribution in [0.15, 0.2) is 11.3 Å². The molecule has 1 saturated carbocycles. The van der Waals surface area contributed by atoms with E-state index in [1.807, 2.05) is 0 Å². The summed E-state index contributed by atoms with van der Waals surface area (Å²) in [5.41, 5.74) is 0.182. The molecule has 2 heteroatoms. The third-order valence-electron chi connectivity index (χ3n) is 3.86. The highest BCUT2D eigenvalue weighted by atomic mass is 28.3. The Labute approximate surface area is 94.9 Å². The van der Waals surface area contributed by atoms with E-state index < -0.39 is 8.07 Å². The van der Waals surface area contributed by atoms with E-state index in [2.05, 4.69) is 25.7 Å². The summed E-state index contributed by atoms with van der Waals surface area (Å²) in [5.74, 6) is 0. The quantitative estimate of drug-likeness (QED) is 0.614. The molecule has 0 unspecified atom stereocenters. The second kappa shape index (κ2) is 4.06. The van der Waals surface area contributed by atoms with Crippen LogP contribution in [-0.4, -0.2) is 20.3 Å². The molecule has 0 aromatic carbocycles. The summed E-state index contributed by atoms with van der Waals surface area (Å²) >= 11 is 0. The molecule has 0 saturated heterocycles. The van der Waals surface area contributed by atoms with Crippen molar-refractivity contribution in [1.82, 2.24) is 0 Å². The SMILES string of the molecule is C[Si](C)(C)C1=CCOC12CCCCCC2. The molecule has 1 aliphatic heterocycles. The van der Waals surface area contributed by atoms with Gasteiger partial charge < -0.3 is 4.74 Å². The molecule has 1 fully saturated rings. The highest BCUT2D eigenvalue weighted by Crippen LogP contribution is 2.43. The molecule has 2 rings (SSSR count). The van der Waals surface area contributed by atoms with E-state index in [9.17, 15) is 0 Å². The maximum Gasteiger partial charge on any atom is 0.0862 e. The Morgan fingerprint density at radius 1 is 1.07 bits per heavy atom. The second-order valence-electron chi connectivity index (χ2n) is 6.09. The number of hydrogen-bond donors (Lipinski definition) is 0. The van der Waals surface area contributed by atoms with Crippen molar-refractivity contribution >= 4 is 8.07 Å². The molecular weight excluding hydrogens is 200 g/mol. The Morgan fingerprint density at radius 3 is 2.20 bits per heavy atom. The molecule has 0 atom stereocenters. The van der Waals surface area contributed by atoms with E-state index >= 15 is 0 Å². The van der Waals surface area contributed by atoms with Gasteiger partial charge in [-0.1, -0.05) is 56.6 Å². The van der Waals surface area contributed by atoms with Gasteiger partial charge in [-0.2, -0.15) is 0 Å². The molecule has 0 aromatic rings. The third kappa shape index (κ3) is 2.21. The number of ether oxygens (including phenoxy) is 1. The molecule has 1 heterocycles. The van der Waals surface area contributed by atoms with Crippen molar-refractivity contribution in [3.63, 3.8) is 0 Å². The van der Waals surface area contributed by atoms with Crippen molar-refractivity contribution in [3.8, 4) is 0 Å². The van der Waals surface area contributed by atoms with E-state index in [0.717, 1.165) is 6.61 Å². The summed E-state index contributed by atoms with van der Waals surface area (Å²) in [6.45, 7) is 8.25. The van der Waals surface area contributed by atoms with Crippen molar-refractivity contribution in [2.75, 3.05) is 6.61 Å². The van der Waals surface area contributed by atoms with Gasteiger partial charge in [-0.05, 0) is 12.8 Å². The van der Waals surface area contributed by atoms with Crippen molar-refractivity contribution in [1.29, 1.82) is 0 Å². The number of rotatable bonds is 1. The zero-order valence-electron chi connectivity index (χ0n) is 10.4. The largest absolute Gasteiger partial charge is 0.367 e. The van der Waals surface area contributed by atoms with Crippen LogP contribution in [0.4, 0.5) is 0 Å². The predicted octanol–water partition coefficient (Wildman–Crippen LogP) is 3.91. The molecule has 0 radical (unpaired) electrons. The molecule has 86 valence electrons. The lowest BCUT2D eigenvalue weighted by molar-refractivity contribution is 0.0103. The summed E-state index contributed by atoms with van der Waals surface area (Å²) in [4.78, 5) is 0. The van der Waals surface area contributed by atoms with Crippen LogP contribution < -0.4 is 0 Å². The Kier molecular flexibility index (Phi) is 3.09. The van der Waals surface area contributed by atoms with Crippen LogP contribution in [0.25, 0.3) is 0 Å². The van der Waals surface area contributed by atoms with Gasteiger partial charge in [0.05, 0.1) is 20.3 Å². The van der Waals surface area contributed by atoms with Crippen LogP contribution >= 0.6 is 0 Å². The summed E-state index contributed by atoms with van der Waals surface area (Å²) in [6.07, 6.45) is 10.5. The average Bonchev–Trinajstić information content (AvgIpc) is 2.39. The molecule has 0 amide bonds. The van der Waals surface area contributed by atoms with Gasteiger partial charge in [0.15, 0.2) is 0 Å². The van der Waals surface area contributed by atoms with E-state index in [4.69, 9.17) is 4.74 Å². The van der Waals surface area contributed by atoms with E-state index in [1.165, 1.54) is 38.5 Å². The van der Waals surface area contributed by atoms with Crippen LogP contribution in [-0.2, 0) is 4.74 Å². The maximum absolute atomic E-state index is 6.14. The Balaban J connectivity index is 2.23. The monoisotopic (exact) mass is 224 g/mol. The fourth-order valence-electron chi connectivity index (χ4n) is 3.25. The maximum atomic E-state index is 6.14. The van der Waals surface area contributed by atoms with Crippen molar-refractivity contribution in [3.05, 3.63) is 11.3 Å². The molecule has 1 nitrogen and oxygen atoms in total. The average molecular weight is 224 g/mol. The fraction of sp³-hybridized carbons (Fsp3) is 0.846. The highest BCUT2D eigenvalue weighted by Gasteiger charge is 2.43. The van der Waals surface area contributed by atoms with Crippen LogP contribution in [0.3, 0.4) is 0 Å². The fourth-order valence-corrected chi connectivity index (χ4v) is 5.64. The second-order valence-corrected chi connectivity index (χ2v) is 11.1. The van der Waals surface area contributed by atoms with E-state index in [0.29, 0.717) is 0 Å². The third-order valence-corrected chi connectivity index (χ3v) is 6.13. The summed E-state index contributed by atoms with van der Waals surface area (Å²) in [5, 5.41) is 1.71. The van der Waals surface area contributed by atoms with Gasteiger partial charge >= 0.3 is 0 Å². The van der Waals surface area contributed by atoms with Gasteiger partial charge in [0.2, 0.25) is 0 Å².